The van der Waals surface area contributed by atoms with Gasteiger partial charge in [0.1, 0.15) is 5.69 Å². The van der Waals surface area contributed by atoms with Gasteiger partial charge >= 0.3 is 5.69 Å². The molecule has 0 aliphatic carbocycles. The largest absolute Gasteiger partial charge is 0.337 e. The van der Waals surface area contributed by atoms with Crippen molar-refractivity contribution in [3.63, 3.8) is 0 Å². The Labute approximate surface area is 192 Å². The number of aromatic nitrogens is 3. The fourth-order valence-electron chi connectivity index (χ4n) is 3.85. The molecule has 8 nitrogen and oxygen atoms in total. The maximum atomic E-state index is 13.0. The zero-order chi connectivity index (χ0) is 22.3. The second-order valence-corrected chi connectivity index (χ2v) is 9.13. The highest BCUT2D eigenvalue weighted by atomic mass is 35.5. The summed E-state index contributed by atoms with van der Waals surface area (Å²) in [6.45, 7) is 2.55. The molecule has 0 atom stereocenters. The lowest BCUT2D eigenvalue weighted by Gasteiger charge is -2.30. The number of nitro groups is 1. The van der Waals surface area contributed by atoms with Gasteiger partial charge in [0.05, 0.1) is 25.7 Å². The standard InChI is InChI=1S/C20H19Cl2N5O3S/c1-11-17(27(29)30)18(25(2)24-11)20(28)26-7-5-12(6-8-26)19-23-16(10-31-19)13-3-4-14(21)15(22)9-13/h3-4,9-10,12H,5-8H2,1-2H3. The van der Waals surface area contributed by atoms with E-state index in [0.29, 0.717) is 23.1 Å². The van der Waals surface area contributed by atoms with Crippen molar-refractivity contribution in [2.45, 2.75) is 25.7 Å². The van der Waals surface area contributed by atoms with Gasteiger partial charge in [-0.25, -0.2) is 4.98 Å². The molecule has 4 rings (SSSR count). The highest BCUT2D eigenvalue weighted by molar-refractivity contribution is 7.10. The van der Waals surface area contributed by atoms with Crippen LogP contribution in [0.15, 0.2) is 23.6 Å². The van der Waals surface area contributed by atoms with Crippen molar-refractivity contribution in [1.29, 1.82) is 0 Å². The summed E-state index contributed by atoms with van der Waals surface area (Å²) in [6, 6.07) is 5.44. The average molecular weight is 480 g/mol. The predicted octanol–water partition coefficient (Wildman–Crippen LogP) is 5.09. The van der Waals surface area contributed by atoms with Crippen molar-refractivity contribution in [1.82, 2.24) is 19.7 Å². The first-order valence-electron chi connectivity index (χ1n) is 9.64. The van der Waals surface area contributed by atoms with Gasteiger partial charge in [-0.05, 0) is 31.9 Å². The molecule has 0 unspecified atom stereocenters. The fraction of sp³-hybridized carbons (Fsp3) is 0.350. The Balaban J connectivity index is 1.46. The number of likely N-dealkylation sites (tertiary alicyclic amines) is 1. The number of nitrogens with zero attached hydrogens (tertiary/aromatic N) is 5. The molecule has 162 valence electrons. The molecule has 1 aliphatic heterocycles. The third kappa shape index (κ3) is 4.17. The number of halogens is 2. The van der Waals surface area contributed by atoms with Crippen LogP contribution < -0.4 is 0 Å². The molecular weight excluding hydrogens is 461 g/mol. The molecule has 2 aromatic heterocycles. The molecule has 1 aliphatic rings. The number of carbonyl (C=O) groups is 1. The maximum Gasteiger partial charge on any atom is 0.322 e. The van der Waals surface area contributed by atoms with Crippen LogP contribution in [0, 0.1) is 17.0 Å². The Morgan fingerprint density at radius 1 is 1.26 bits per heavy atom. The molecule has 11 heteroatoms. The SMILES string of the molecule is Cc1nn(C)c(C(=O)N2CCC(c3nc(-c4ccc(Cl)c(Cl)c4)cs3)CC2)c1[N+](=O)[O-]. The van der Waals surface area contributed by atoms with E-state index in [1.54, 1.807) is 35.4 Å². The highest BCUT2D eigenvalue weighted by Gasteiger charge is 2.34. The summed E-state index contributed by atoms with van der Waals surface area (Å²) in [6.07, 6.45) is 1.48. The van der Waals surface area contributed by atoms with Crippen molar-refractivity contribution in [2.75, 3.05) is 13.1 Å². The number of piperidine rings is 1. The van der Waals surface area contributed by atoms with E-state index in [0.717, 1.165) is 29.1 Å². The zero-order valence-electron chi connectivity index (χ0n) is 16.8. The molecule has 0 spiro atoms. The highest BCUT2D eigenvalue weighted by Crippen LogP contribution is 2.35. The number of hydrogen-bond donors (Lipinski definition) is 0. The van der Waals surface area contributed by atoms with Crippen LogP contribution in [0.4, 0.5) is 5.69 Å². The Morgan fingerprint density at radius 2 is 1.97 bits per heavy atom. The molecule has 1 aromatic carbocycles. The quantitative estimate of drug-likeness (QED) is 0.383. The molecule has 3 heterocycles. The fourth-order valence-corrected chi connectivity index (χ4v) is 5.15. The molecule has 3 aromatic rings. The molecule has 31 heavy (non-hydrogen) atoms. The van der Waals surface area contributed by atoms with Gasteiger partial charge in [0.25, 0.3) is 5.91 Å². The van der Waals surface area contributed by atoms with E-state index >= 15 is 0 Å². The first kappa shape index (κ1) is 21.7. The minimum Gasteiger partial charge on any atom is -0.337 e. The van der Waals surface area contributed by atoms with Gasteiger partial charge in [-0.1, -0.05) is 29.3 Å². The third-order valence-corrected chi connectivity index (χ3v) is 7.19. The summed E-state index contributed by atoms with van der Waals surface area (Å²) in [7, 11) is 1.56. The van der Waals surface area contributed by atoms with Gasteiger partial charge in [0, 0.05) is 37.0 Å². The number of carbonyl (C=O) groups excluding carboxylic acids is 1. The molecule has 1 amide bonds. The number of hydrogen-bond acceptors (Lipinski definition) is 6. The smallest absolute Gasteiger partial charge is 0.322 e. The molecular formula is C20H19Cl2N5O3S. The van der Waals surface area contributed by atoms with Crippen LogP contribution in [0.25, 0.3) is 11.3 Å². The molecule has 0 radical (unpaired) electrons. The first-order chi connectivity index (χ1) is 14.8. The van der Waals surface area contributed by atoms with Gasteiger partial charge in [-0.2, -0.15) is 5.10 Å². The van der Waals surface area contributed by atoms with Gasteiger partial charge in [0.15, 0.2) is 0 Å². The summed E-state index contributed by atoms with van der Waals surface area (Å²) < 4.78 is 1.30. The van der Waals surface area contributed by atoms with E-state index in [2.05, 4.69) is 5.10 Å². The van der Waals surface area contributed by atoms with Crippen LogP contribution >= 0.6 is 34.5 Å². The van der Waals surface area contributed by atoms with Crippen molar-refractivity contribution in [3.05, 3.63) is 60.1 Å². The Kier molecular flexibility index (Phi) is 6.00. The average Bonchev–Trinajstić information content (AvgIpc) is 3.34. The van der Waals surface area contributed by atoms with Crippen molar-refractivity contribution < 1.29 is 9.72 Å². The van der Waals surface area contributed by atoms with Crippen molar-refractivity contribution in [2.24, 2.45) is 7.05 Å². The molecule has 0 bridgehead atoms. The molecule has 1 saturated heterocycles. The predicted molar refractivity (Wildman–Crippen MR) is 120 cm³/mol. The third-order valence-electron chi connectivity index (χ3n) is 5.44. The number of aryl methyl sites for hydroxylation is 2. The summed E-state index contributed by atoms with van der Waals surface area (Å²) in [5.74, 6) is -0.127. The monoisotopic (exact) mass is 479 g/mol. The van der Waals surface area contributed by atoms with Gasteiger partial charge < -0.3 is 4.90 Å². The number of amides is 1. The van der Waals surface area contributed by atoms with Crippen LogP contribution in [-0.2, 0) is 7.05 Å². The normalized spacial score (nSPS) is 14.8. The van der Waals surface area contributed by atoms with Crippen LogP contribution in [-0.4, -0.2) is 43.6 Å². The first-order valence-corrected chi connectivity index (χ1v) is 11.3. The lowest BCUT2D eigenvalue weighted by atomic mass is 9.97. The molecule has 0 N–H and O–H groups in total. The van der Waals surface area contributed by atoms with E-state index in [4.69, 9.17) is 28.2 Å². The Morgan fingerprint density at radius 3 is 2.61 bits per heavy atom. The molecule has 1 fully saturated rings. The van der Waals surface area contributed by atoms with Crippen LogP contribution in [0.3, 0.4) is 0 Å². The minimum absolute atomic E-state index is 0.0251. The number of thiazole rings is 1. The Bertz CT molecular complexity index is 1170. The van der Waals surface area contributed by atoms with Crippen LogP contribution in [0.1, 0.15) is 39.9 Å². The Hall–Kier alpha value is -2.49. The van der Waals surface area contributed by atoms with E-state index in [1.165, 1.54) is 11.6 Å². The topological polar surface area (TPSA) is 94.2 Å². The van der Waals surface area contributed by atoms with Gasteiger partial charge in [-0.15, -0.1) is 11.3 Å². The molecule has 0 saturated carbocycles. The van der Waals surface area contributed by atoms with E-state index in [-0.39, 0.29) is 28.9 Å². The summed E-state index contributed by atoms with van der Waals surface area (Å²) in [5.41, 5.74) is 1.79. The van der Waals surface area contributed by atoms with E-state index in [1.807, 2.05) is 11.4 Å². The maximum absolute atomic E-state index is 13.0. The summed E-state index contributed by atoms with van der Waals surface area (Å²) in [4.78, 5) is 30.3. The van der Waals surface area contributed by atoms with E-state index < -0.39 is 4.92 Å². The number of benzene rings is 1. The van der Waals surface area contributed by atoms with Crippen molar-refractivity contribution >= 4 is 46.1 Å². The second kappa shape index (κ2) is 8.57. The van der Waals surface area contributed by atoms with Gasteiger partial charge in [-0.3, -0.25) is 19.6 Å². The lowest BCUT2D eigenvalue weighted by Crippen LogP contribution is -2.39. The van der Waals surface area contributed by atoms with E-state index in [9.17, 15) is 14.9 Å². The lowest BCUT2D eigenvalue weighted by molar-refractivity contribution is -0.385. The second-order valence-electron chi connectivity index (χ2n) is 7.43. The van der Waals surface area contributed by atoms with Crippen LogP contribution in [0.5, 0.6) is 0 Å². The van der Waals surface area contributed by atoms with Crippen molar-refractivity contribution in [3.8, 4) is 11.3 Å². The zero-order valence-corrected chi connectivity index (χ0v) is 19.2. The summed E-state index contributed by atoms with van der Waals surface area (Å²) >= 11 is 13.7. The number of rotatable bonds is 4. The van der Waals surface area contributed by atoms with Gasteiger partial charge in [0.2, 0.25) is 5.69 Å². The van der Waals surface area contributed by atoms with Crippen LogP contribution in [0.2, 0.25) is 10.0 Å². The minimum atomic E-state index is -0.539. The summed E-state index contributed by atoms with van der Waals surface area (Å²) in [5, 5.41) is 19.4.